The average Bonchev–Trinajstić information content (AvgIpc) is 2.56. The average molecular weight is 353 g/mol. The predicted molar refractivity (Wildman–Crippen MR) is 90.4 cm³/mol. The van der Waals surface area contributed by atoms with Gasteiger partial charge in [0.05, 0.1) is 5.69 Å². The van der Waals surface area contributed by atoms with Crippen molar-refractivity contribution in [3.05, 3.63) is 48.7 Å². The van der Waals surface area contributed by atoms with Gasteiger partial charge in [-0.2, -0.15) is 13.2 Å². The van der Waals surface area contributed by atoms with Crippen LogP contribution < -0.4 is 4.90 Å². The first-order chi connectivity index (χ1) is 11.8. The van der Waals surface area contributed by atoms with Crippen LogP contribution in [0.3, 0.4) is 0 Å². The van der Waals surface area contributed by atoms with Crippen molar-refractivity contribution in [3.8, 4) is 11.8 Å². The van der Waals surface area contributed by atoms with Crippen LogP contribution in [0.4, 0.5) is 23.2 Å². The van der Waals surface area contributed by atoms with E-state index < -0.39 is 18.4 Å². The van der Waals surface area contributed by atoms with Crippen LogP contribution in [0.5, 0.6) is 0 Å². The summed E-state index contributed by atoms with van der Waals surface area (Å²) in [4.78, 5) is 1.71. The van der Waals surface area contributed by atoms with E-state index in [-0.39, 0.29) is 17.4 Å². The van der Waals surface area contributed by atoms with E-state index in [9.17, 15) is 17.6 Å². The van der Waals surface area contributed by atoms with Crippen LogP contribution in [0, 0.1) is 11.8 Å². The van der Waals surface area contributed by atoms with Crippen molar-refractivity contribution in [3.63, 3.8) is 0 Å². The molecule has 0 saturated carbocycles. The third-order valence-corrected chi connectivity index (χ3v) is 3.75. The Kier molecular flexibility index (Phi) is 6.27. The van der Waals surface area contributed by atoms with Crippen LogP contribution in [0.2, 0.25) is 0 Å². The van der Waals surface area contributed by atoms with E-state index in [0.29, 0.717) is 12.3 Å². The van der Waals surface area contributed by atoms with Crippen molar-refractivity contribution in [2.24, 2.45) is 0 Å². The zero-order chi connectivity index (χ0) is 18.4. The molecule has 1 aromatic rings. The van der Waals surface area contributed by atoms with E-state index in [0.717, 1.165) is 19.3 Å². The van der Waals surface area contributed by atoms with Crippen LogP contribution >= 0.6 is 0 Å². The number of anilines is 1. The van der Waals surface area contributed by atoms with E-state index >= 15 is 0 Å². The second-order valence-electron chi connectivity index (χ2n) is 5.64. The maximum atomic E-state index is 13.9. The predicted octanol–water partition coefficient (Wildman–Crippen LogP) is 5.41. The molecule has 1 unspecified atom stereocenters. The van der Waals surface area contributed by atoms with Crippen molar-refractivity contribution >= 4 is 11.5 Å². The molecule has 0 spiro atoms. The van der Waals surface area contributed by atoms with Gasteiger partial charge in [-0.25, -0.2) is 4.39 Å². The van der Waals surface area contributed by atoms with Crippen molar-refractivity contribution in [2.75, 3.05) is 11.5 Å². The first-order valence-electron chi connectivity index (χ1n) is 7.89. The Morgan fingerprint density at radius 2 is 2.12 bits per heavy atom. The summed E-state index contributed by atoms with van der Waals surface area (Å²) in [7, 11) is 0. The van der Waals surface area contributed by atoms with Gasteiger partial charge in [0.25, 0.3) is 0 Å². The topological polar surface area (TPSA) is 12.5 Å². The molecule has 1 fully saturated rings. The van der Waals surface area contributed by atoms with Gasteiger partial charge in [0.1, 0.15) is 18.5 Å². The van der Waals surface area contributed by atoms with Crippen molar-refractivity contribution in [1.29, 1.82) is 0 Å². The first-order valence-corrected chi connectivity index (χ1v) is 7.89. The second kappa shape index (κ2) is 8.21. The van der Waals surface area contributed by atoms with Gasteiger partial charge in [-0.3, -0.25) is 0 Å². The maximum Gasteiger partial charge on any atom is 0.399 e. The molecule has 1 aliphatic rings. The van der Waals surface area contributed by atoms with E-state index in [1.807, 2.05) is 5.92 Å². The number of hydrogen-bond acceptors (Lipinski definition) is 2. The highest BCUT2D eigenvalue weighted by Crippen LogP contribution is 2.32. The van der Waals surface area contributed by atoms with E-state index in [4.69, 9.17) is 4.74 Å². The lowest BCUT2D eigenvalue weighted by Gasteiger charge is -2.34. The van der Waals surface area contributed by atoms with Gasteiger partial charge < -0.3 is 9.64 Å². The molecule has 0 bridgehead atoms. The van der Waals surface area contributed by atoms with Crippen LogP contribution in [0.1, 0.15) is 36.8 Å². The molecule has 1 aromatic carbocycles. The summed E-state index contributed by atoms with van der Waals surface area (Å²) in [6.07, 6.45) is -1.54. The Bertz CT molecular complexity index is 694. The largest absolute Gasteiger partial charge is 0.399 e. The number of rotatable bonds is 4. The van der Waals surface area contributed by atoms with Gasteiger partial charge in [0, 0.05) is 17.7 Å². The third-order valence-electron chi connectivity index (χ3n) is 3.75. The molecule has 6 heteroatoms. The minimum Gasteiger partial charge on any atom is -0.358 e. The Balaban J connectivity index is 2.31. The Hall–Kier alpha value is -2.26. The molecule has 25 heavy (non-hydrogen) atoms. The molecule has 0 N–H and O–H groups in total. The van der Waals surface area contributed by atoms with Crippen molar-refractivity contribution < 1.29 is 22.3 Å². The van der Waals surface area contributed by atoms with E-state index in [1.165, 1.54) is 6.07 Å². The monoisotopic (exact) mass is 353 g/mol. The Labute approximate surface area is 144 Å². The zero-order valence-electron chi connectivity index (χ0n) is 13.7. The lowest BCUT2D eigenvalue weighted by molar-refractivity contribution is -0.123. The Morgan fingerprint density at radius 1 is 1.36 bits per heavy atom. The van der Waals surface area contributed by atoms with Gasteiger partial charge in [0.15, 0.2) is 0 Å². The number of ether oxygens (including phenoxy) is 1. The van der Waals surface area contributed by atoms with Crippen LogP contribution in [-0.4, -0.2) is 19.0 Å². The lowest BCUT2D eigenvalue weighted by atomic mass is 10.1. The molecular formula is C19H19F4NO. The molecule has 0 aliphatic carbocycles. The van der Waals surface area contributed by atoms with Crippen LogP contribution in [-0.2, 0) is 4.74 Å². The molecule has 1 atom stereocenters. The molecule has 2 nitrogen and oxygen atoms in total. The quantitative estimate of drug-likeness (QED) is 0.530. The minimum atomic E-state index is -4.35. The molecule has 0 amide bonds. The summed E-state index contributed by atoms with van der Waals surface area (Å²) in [5.41, 5.74) is 0.944. The highest BCUT2D eigenvalue weighted by molar-refractivity contribution is 5.74. The molecule has 1 saturated heterocycles. The molecule has 1 heterocycles. The first kappa shape index (κ1) is 19.1. The molecule has 0 radical (unpaired) electrons. The molecule has 0 aromatic heterocycles. The zero-order valence-corrected chi connectivity index (χ0v) is 13.7. The molecule has 134 valence electrons. The van der Waals surface area contributed by atoms with E-state index in [2.05, 4.69) is 19.1 Å². The van der Waals surface area contributed by atoms with Crippen LogP contribution in [0.25, 0.3) is 5.83 Å². The molecule has 1 aliphatic heterocycles. The van der Waals surface area contributed by atoms with Gasteiger partial charge >= 0.3 is 6.18 Å². The van der Waals surface area contributed by atoms with Crippen LogP contribution in [0.15, 0.2) is 37.6 Å². The SMILES string of the molecule is C=CN(c1ccc(C#CCC(F)(F)F)cc1C(=C)F)C1CCCCO1. The van der Waals surface area contributed by atoms with Gasteiger partial charge in [-0.05, 0) is 43.7 Å². The molecular weight excluding hydrogens is 334 g/mol. The fourth-order valence-electron chi connectivity index (χ4n) is 2.62. The highest BCUT2D eigenvalue weighted by atomic mass is 19.4. The van der Waals surface area contributed by atoms with Gasteiger partial charge in [-0.1, -0.05) is 25.0 Å². The number of benzene rings is 1. The van der Waals surface area contributed by atoms with Gasteiger partial charge in [-0.15, -0.1) is 0 Å². The summed E-state index contributed by atoms with van der Waals surface area (Å²) in [6.45, 7) is 7.68. The minimum absolute atomic E-state index is 0.160. The number of nitrogens with zero attached hydrogens (tertiary/aromatic N) is 1. The summed E-state index contributed by atoms with van der Waals surface area (Å²) in [5, 5.41) is 0. The fraction of sp³-hybridized carbons (Fsp3) is 0.368. The third kappa shape index (κ3) is 5.36. The normalized spacial score (nSPS) is 17.4. The second-order valence-corrected chi connectivity index (χ2v) is 5.64. The lowest BCUT2D eigenvalue weighted by Crippen LogP contribution is -2.36. The number of hydrogen-bond donors (Lipinski definition) is 0. The number of alkyl halides is 3. The fourth-order valence-corrected chi connectivity index (χ4v) is 2.62. The van der Waals surface area contributed by atoms with Crippen molar-refractivity contribution in [1.82, 2.24) is 0 Å². The standard InChI is InChI=1S/C19H19F4NO/c1-3-24(18-8-4-5-12-25-18)17-10-9-15(13-16(17)14(2)20)7-6-11-19(21,22)23/h3,9-10,13,18H,1-2,4-5,8,11-12H2. The summed E-state index contributed by atoms with van der Waals surface area (Å²) >= 11 is 0. The van der Waals surface area contributed by atoms with Crippen molar-refractivity contribution in [2.45, 2.75) is 38.1 Å². The number of halogens is 4. The van der Waals surface area contributed by atoms with E-state index in [1.54, 1.807) is 23.2 Å². The summed E-state index contributed by atoms with van der Waals surface area (Å²) < 4.78 is 56.2. The Morgan fingerprint density at radius 3 is 2.68 bits per heavy atom. The highest BCUT2D eigenvalue weighted by Gasteiger charge is 2.25. The summed E-state index contributed by atoms with van der Waals surface area (Å²) in [5.74, 6) is 3.76. The maximum absolute atomic E-state index is 13.9. The van der Waals surface area contributed by atoms with Gasteiger partial charge in [0.2, 0.25) is 0 Å². The summed E-state index contributed by atoms with van der Waals surface area (Å²) in [6, 6.07) is 4.53. The molecule has 2 rings (SSSR count). The smallest absolute Gasteiger partial charge is 0.358 e.